The van der Waals surface area contributed by atoms with Crippen LogP contribution in [0.3, 0.4) is 0 Å². The Labute approximate surface area is 135 Å². The molecule has 23 heavy (non-hydrogen) atoms. The van der Waals surface area contributed by atoms with Gasteiger partial charge in [0.25, 0.3) is 0 Å². The van der Waals surface area contributed by atoms with Crippen molar-refractivity contribution in [3.05, 3.63) is 10.1 Å². The van der Waals surface area contributed by atoms with Gasteiger partial charge in [0.05, 0.1) is 4.92 Å². The summed E-state index contributed by atoms with van der Waals surface area (Å²) in [6.45, 7) is 5.55. The van der Waals surface area contributed by atoms with E-state index in [0.29, 0.717) is 17.7 Å². The number of aromatic nitrogens is 2. The predicted molar refractivity (Wildman–Crippen MR) is 89.8 cm³/mol. The van der Waals surface area contributed by atoms with Crippen LogP contribution in [0.2, 0.25) is 0 Å². The Morgan fingerprint density at radius 2 is 1.74 bits per heavy atom. The van der Waals surface area contributed by atoms with Gasteiger partial charge in [0.15, 0.2) is 0 Å². The highest BCUT2D eigenvalue weighted by Gasteiger charge is 2.30. The molecule has 0 bridgehead atoms. The fraction of sp³-hybridized carbons (Fsp3) is 0.733. The van der Waals surface area contributed by atoms with Crippen molar-refractivity contribution in [3.63, 3.8) is 0 Å². The van der Waals surface area contributed by atoms with Crippen LogP contribution in [0, 0.1) is 16.0 Å². The molecule has 1 aromatic heterocycles. The zero-order valence-corrected chi connectivity index (χ0v) is 13.6. The Morgan fingerprint density at radius 3 is 2.35 bits per heavy atom. The van der Waals surface area contributed by atoms with E-state index >= 15 is 0 Å². The minimum absolute atomic E-state index is 0.0285. The van der Waals surface area contributed by atoms with Gasteiger partial charge in [0.1, 0.15) is 0 Å². The number of nitro groups is 1. The van der Waals surface area contributed by atoms with E-state index in [2.05, 4.69) is 21.8 Å². The molecule has 2 N–H and O–H groups in total. The first-order chi connectivity index (χ1) is 11.1. The number of rotatable bonds is 3. The lowest BCUT2D eigenvalue weighted by Crippen LogP contribution is -2.36. The molecule has 8 nitrogen and oxygen atoms in total. The lowest BCUT2D eigenvalue weighted by Gasteiger charge is -2.32. The number of nitrogens with two attached hydrogens (primary N) is 1. The topological polar surface area (TPSA) is 101 Å². The first-order valence-corrected chi connectivity index (χ1v) is 8.38. The molecule has 0 atom stereocenters. The third-order valence-electron chi connectivity index (χ3n) is 4.79. The van der Waals surface area contributed by atoms with E-state index in [4.69, 9.17) is 5.73 Å². The SMILES string of the molecule is CC1CCN(c2nc(N)c([N+](=O)[O-])c(N3CCCCC3)n2)CC1. The summed E-state index contributed by atoms with van der Waals surface area (Å²) >= 11 is 0. The zero-order valence-electron chi connectivity index (χ0n) is 13.6. The molecule has 2 fully saturated rings. The molecule has 3 heterocycles. The summed E-state index contributed by atoms with van der Waals surface area (Å²) in [5.41, 5.74) is 5.77. The summed E-state index contributed by atoms with van der Waals surface area (Å²) in [5.74, 6) is 1.58. The van der Waals surface area contributed by atoms with Crippen molar-refractivity contribution in [1.29, 1.82) is 0 Å². The van der Waals surface area contributed by atoms with Crippen molar-refractivity contribution in [1.82, 2.24) is 9.97 Å². The van der Waals surface area contributed by atoms with Crippen molar-refractivity contribution in [2.24, 2.45) is 5.92 Å². The minimum atomic E-state index is -0.457. The molecule has 0 aromatic carbocycles. The van der Waals surface area contributed by atoms with Gasteiger partial charge in [0, 0.05) is 26.2 Å². The van der Waals surface area contributed by atoms with E-state index in [1.165, 1.54) is 0 Å². The van der Waals surface area contributed by atoms with E-state index in [9.17, 15) is 10.1 Å². The molecule has 0 amide bonds. The number of hydrogen-bond acceptors (Lipinski definition) is 7. The zero-order chi connectivity index (χ0) is 16.4. The minimum Gasteiger partial charge on any atom is -0.378 e. The van der Waals surface area contributed by atoms with Gasteiger partial charge in [-0.05, 0) is 38.0 Å². The quantitative estimate of drug-likeness (QED) is 0.672. The highest BCUT2D eigenvalue weighted by Crippen LogP contribution is 2.35. The van der Waals surface area contributed by atoms with Crippen LogP contribution in [-0.4, -0.2) is 41.1 Å². The van der Waals surface area contributed by atoms with Gasteiger partial charge in [-0.15, -0.1) is 0 Å². The standard InChI is InChI=1S/C15H24N6O2/c1-11-5-9-20(10-6-11)15-17-13(16)12(21(22)23)14(18-15)19-7-3-2-4-8-19/h11H,2-10H2,1H3,(H2,16,17,18). The fourth-order valence-corrected chi connectivity index (χ4v) is 3.30. The van der Waals surface area contributed by atoms with E-state index < -0.39 is 4.92 Å². The fourth-order valence-electron chi connectivity index (χ4n) is 3.30. The Morgan fingerprint density at radius 1 is 1.09 bits per heavy atom. The number of nitrogens with zero attached hydrogens (tertiary/aromatic N) is 5. The van der Waals surface area contributed by atoms with Crippen LogP contribution in [0.25, 0.3) is 0 Å². The molecule has 2 saturated heterocycles. The van der Waals surface area contributed by atoms with Crippen LogP contribution < -0.4 is 15.5 Å². The molecule has 0 unspecified atom stereocenters. The first-order valence-electron chi connectivity index (χ1n) is 8.38. The summed E-state index contributed by atoms with van der Waals surface area (Å²) in [7, 11) is 0. The molecule has 2 aliphatic heterocycles. The molecular weight excluding hydrogens is 296 g/mol. The molecule has 126 valence electrons. The van der Waals surface area contributed by atoms with Gasteiger partial charge in [0.2, 0.25) is 17.6 Å². The van der Waals surface area contributed by atoms with E-state index in [1.807, 2.05) is 4.90 Å². The normalized spacial score (nSPS) is 19.9. The Balaban J connectivity index is 1.95. The molecule has 3 rings (SSSR count). The molecule has 0 aliphatic carbocycles. The van der Waals surface area contributed by atoms with Crippen molar-refractivity contribution in [2.45, 2.75) is 39.0 Å². The van der Waals surface area contributed by atoms with Crippen molar-refractivity contribution in [3.8, 4) is 0 Å². The van der Waals surface area contributed by atoms with Crippen LogP contribution in [0.5, 0.6) is 0 Å². The second kappa shape index (κ2) is 6.55. The van der Waals surface area contributed by atoms with Gasteiger partial charge in [-0.1, -0.05) is 6.92 Å². The van der Waals surface area contributed by atoms with Gasteiger partial charge in [-0.2, -0.15) is 9.97 Å². The molecular formula is C15H24N6O2. The summed E-state index contributed by atoms with van der Waals surface area (Å²) in [4.78, 5) is 23.8. The Hall–Kier alpha value is -2.12. The van der Waals surface area contributed by atoms with Crippen molar-refractivity contribution >= 4 is 23.3 Å². The largest absolute Gasteiger partial charge is 0.378 e. The maximum atomic E-state index is 11.4. The Bertz CT molecular complexity index is 580. The lowest BCUT2D eigenvalue weighted by atomic mass is 10.00. The second-order valence-electron chi connectivity index (χ2n) is 6.56. The predicted octanol–water partition coefficient (Wildman–Crippen LogP) is 2.19. The maximum absolute atomic E-state index is 11.4. The maximum Gasteiger partial charge on any atom is 0.353 e. The van der Waals surface area contributed by atoms with Gasteiger partial charge in [-0.25, -0.2) is 0 Å². The first kappa shape index (κ1) is 15.8. The molecule has 8 heteroatoms. The number of nitrogen functional groups attached to an aromatic ring is 1. The van der Waals surface area contributed by atoms with Crippen molar-refractivity contribution < 1.29 is 4.92 Å². The van der Waals surface area contributed by atoms with Crippen LogP contribution in [0.1, 0.15) is 39.0 Å². The van der Waals surface area contributed by atoms with E-state index in [-0.39, 0.29) is 11.5 Å². The molecule has 1 aromatic rings. The molecule has 2 aliphatic rings. The van der Waals surface area contributed by atoms with E-state index in [1.54, 1.807) is 0 Å². The van der Waals surface area contributed by atoms with Crippen LogP contribution in [0.4, 0.5) is 23.3 Å². The molecule has 0 radical (unpaired) electrons. The number of anilines is 3. The monoisotopic (exact) mass is 320 g/mol. The van der Waals surface area contributed by atoms with E-state index in [0.717, 1.165) is 58.3 Å². The van der Waals surface area contributed by atoms with Crippen LogP contribution in [-0.2, 0) is 0 Å². The number of piperidine rings is 2. The second-order valence-corrected chi connectivity index (χ2v) is 6.56. The highest BCUT2D eigenvalue weighted by molar-refractivity contribution is 5.71. The third-order valence-corrected chi connectivity index (χ3v) is 4.79. The average Bonchev–Trinajstić information content (AvgIpc) is 2.55. The van der Waals surface area contributed by atoms with Gasteiger partial charge in [-0.3, -0.25) is 10.1 Å². The lowest BCUT2D eigenvalue weighted by molar-refractivity contribution is -0.383. The average molecular weight is 320 g/mol. The Kier molecular flexibility index (Phi) is 4.49. The summed E-state index contributed by atoms with van der Waals surface area (Å²) < 4.78 is 0. The summed E-state index contributed by atoms with van der Waals surface area (Å²) in [6, 6.07) is 0. The van der Waals surface area contributed by atoms with Gasteiger partial charge >= 0.3 is 5.69 Å². The smallest absolute Gasteiger partial charge is 0.353 e. The summed E-state index contributed by atoms with van der Waals surface area (Å²) in [6.07, 6.45) is 5.37. The van der Waals surface area contributed by atoms with Crippen LogP contribution in [0.15, 0.2) is 0 Å². The van der Waals surface area contributed by atoms with Crippen LogP contribution >= 0.6 is 0 Å². The third kappa shape index (κ3) is 3.30. The molecule has 0 spiro atoms. The van der Waals surface area contributed by atoms with Crippen molar-refractivity contribution in [2.75, 3.05) is 41.7 Å². The van der Waals surface area contributed by atoms with Gasteiger partial charge < -0.3 is 15.5 Å². The highest BCUT2D eigenvalue weighted by atomic mass is 16.6. The number of hydrogen-bond donors (Lipinski definition) is 1. The molecule has 0 saturated carbocycles. The summed E-state index contributed by atoms with van der Waals surface area (Å²) in [5, 5.41) is 11.4.